The van der Waals surface area contributed by atoms with Crippen LogP contribution in [0.2, 0.25) is 0 Å². The van der Waals surface area contributed by atoms with Crippen LogP contribution in [0.4, 0.5) is 0 Å². The molecule has 0 aromatic carbocycles. The summed E-state index contributed by atoms with van der Waals surface area (Å²) < 4.78 is 0. The number of rotatable bonds is 0. The van der Waals surface area contributed by atoms with E-state index < -0.39 is 0 Å². The standard InChI is InChI=1S/4H2O.Pb.W.4H2/h4*1H2;;;4*1H. The molecule has 0 amide bonds. The number of hydrogen-bond donors (Lipinski definition) is 0. The first kappa shape index (κ1) is 147. The van der Waals surface area contributed by atoms with Crippen LogP contribution in [0.25, 0.3) is 0 Å². The molecule has 50 valence electrons. The molecule has 0 bridgehead atoms. The van der Waals surface area contributed by atoms with Crippen molar-refractivity contribution in [3.05, 3.63) is 0 Å². The predicted octanol–water partition coefficient (Wildman–Crippen LogP) is -2.70. The fourth-order valence-corrected chi connectivity index (χ4v) is 0. The summed E-state index contributed by atoms with van der Waals surface area (Å²) in [4.78, 5) is 0. The molecule has 0 atom stereocenters. The second-order valence-corrected chi connectivity index (χ2v) is 0. The van der Waals surface area contributed by atoms with Crippen LogP contribution in [0, 0.1) is 0 Å². The molecule has 0 aliphatic heterocycles. The van der Waals surface area contributed by atoms with E-state index in [0.717, 1.165) is 0 Å². The molecule has 0 heterocycles. The third kappa shape index (κ3) is 51.3. The summed E-state index contributed by atoms with van der Waals surface area (Å²) in [7, 11) is 0. The Hall–Kier alpha value is 1.45. The first-order valence-electron chi connectivity index (χ1n) is 0. The third-order valence-corrected chi connectivity index (χ3v) is 0. The molecule has 0 saturated carbocycles. The third-order valence-electron chi connectivity index (χ3n) is 0. The molecule has 0 spiro atoms. The average Bonchev–Trinajstić information content (AvgIpc) is 0. The van der Waals surface area contributed by atoms with Gasteiger partial charge in [-0.3, -0.25) is 0 Å². The van der Waals surface area contributed by atoms with E-state index in [2.05, 4.69) is 0 Å². The van der Waals surface area contributed by atoms with Crippen LogP contribution in [0.1, 0.15) is 5.71 Å². The van der Waals surface area contributed by atoms with Gasteiger partial charge in [-0.2, -0.15) is 0 Å². The van der Waals surface area contributed by atoms with E-state index in [0.29, 0.717) is 0 Å². The van der Waals surface area contributed by atoms with Crippen LogP contribution in [-0.4, -0.2) is 49.2 Å². The smallest absolute Gasteiger partial charge is 0 e. The van der Waals surface area contributed by atoms with Crippen molar-refractivity contribution < 1.29 is 48.7 Å². The van der Waals surface area contributed by atoms with Crippen molar-refractivity contribution in [2.24, 2.45) is 0 Å². The first-order valence-corrected chi connectivity index (χ1v) is 0. The van der Waals surface area contributed by atoms with Crippen LogP contribution < -0.4 is 0 Å². The summed E-state index contributed by atoms with van der Waals surface area (Å²) in [5.74, 6) is 0. The van der Waals surface area contributed by atoms with Gasteiger partial charge in [0.25, 0.3) is 0 Å². The molecule has 4 radical (unpaired) electrons. The predicted molar refractivity (Wildman–Crippen MR) is 28.7 cm³/mol. The molecule has 4 nitrogen and oxygen atoms in total. The van der Waals surface area contributed by atoms with Gasteiger partial charge in [0.05, 0.1) is 0 Å². The summed E-state index contributed by atoms with van der Waals surface area (Å²) in [6.07, 6.45) is 0. The Kier molecular flexibility index (Phi) is 2240. The molecule has 0 aliphatic rings. The van der Waals surface area contributed by atoms with E-state index in [1.165, 1.54) is 0 Å². The van der Waals surface area contributed by atoms with Crippen LogP contribution in [-0.2, 0) is 21.1 Å². The molecule has 0 aliphatic carbocycles. The monoisotopic (exact) mass is 472 g/mol. The summed E-state index contributed by atoms with van der Waals surface area (Å²) in [5.41, 5.74) is 0. The maximum Gasteiger partial charge on any atom is 0 e. The molecule has 0 fully saturated rings. The second-order valence-electron chi connectivity index (χ2n) is 0. The number of hydrogen-bond acceptors (Lipinski definition) is 0. The van der Waals surface area contributed by atoms with E-state index in [-0.39, 0.29) is 76.0 Å². The fraction of sp³-hybridized carbons (Fsp3) is 0. The molecule has 6 heteroatoms. The van der Waals surface area contributed by atoms with E-state index in [4.69, 9.17) is 0 Å². The van der Waals surface area contributed by atoms with Crippen molar-refractivity contribution in [2.45, 2.75) is 0 Å². The Bertz CT molecular complexity index is 17.2. The Labute approximate surface area is 75.9 Å². The van der Waals surface area contributed by atoms with Crippen molar-refractivity contribution in [1.29, 1.82) is 0 Å². The van der Waals surface area contributed by atoms with Gasteiger partial charge < -0.3 is 21.9 Å². The topological polar surface area (TPSA) is 126 Å². The Morgan fingerprint density at radius 1 is 0.667 bits per heavy atom. The van der Waals surface area contributed by atoms with Gasteiger partial charge in [0.15, 0.2) is 0 Å². The summed E-state index contributed by atoms with van der Waals surface area (Å²) >= 11 is 0. The zero-order valence-electron chi connectivity index (χ0n) is 2.91. The van der Waals surface area contributed by atoms with Crippen molar-refractivity contribution in [2.75, 3.05) is 0 Å². The maximum atomic E-state index is 0. The van der Waals surface area contributed by atoms with E-state index in [9.17, 15) is 0 Å². The van der Waals surface area contributed by atoms with E-state index in [1.807, 2.05) is 0 Å². The van der Waals surface area contributed by atoms with Gasteiger partial charge in [0.2, 0.25) is 0 Å². The molecular formula is H16O4PbW. The van der Waals surface area contributed by atoms with Crippen molar-refractivity contribution in [1.82, 2.24) is 0 Å². The van der Waals surface area contributed by atoms with Gasteiger partial charge in [0, 0.05) is 54.1 Å². The molecule has 0 unspecified atom stereocenters. The minimum atomic E-state index is 0. The molecule has 0 aromatic rings. The molecule has 8 N–H and O–H groups in total. The maximum absolute atomic E-state index is 0. The minimum absolute atomic E-state index is 0. The average molecular weight is 471 g/mol. The molecule has 0 rings (SSSR count). The molecule has 0 aromatic heterocycles. The van der Waals surface area contributed by atoms with Crippen molar-refractivity contribution >= 4 is 27.3 Å². The Balaban J connectivity index is 0. The van der Waals surface area contributed by atoms with E-state index >= 15 is 0 Å². The molecule has 0 saturated heterocycles. The quantitative estimate of drug-likeness (QED) is 0.341. The summed E-state index contributed by atoms with van der Waals surface area (Å²) in [6.45, 7) is 0. The molecule has 6 heavy (non-hydrogen) atoms. The minimum Gasteiger partial charge on any atom is -0.412 e. The normalized spacial score (nSPS) is 0. The summed E-state index contributed by atoms with van der Waals surface area (Å²) in [6, 6.07) is 0. The Morgan fingerprint density at radius 3 is 0.667 bits per heavy atom. The zero-order chi connectivity index (χ0) is 0. The van der Waals surface area contributed by atoms with Crippen LogP contribution >= 0.6 is 0 Å². The summed E-state index contributed by atoms with van der Waals surface area (Å²) in [5, 5.41) is 0. The van der Waals surface area contributed by atoms with Gasteiger partial charge in [-0.05, 0) is 0 Å². The first-order chi connectivity index (χ1) is 0. The fourth-order valence-electron chi connectivity index (χ4n) is 0. The van der Waals surface area contributed by atoms with Crippen molar-refractivity contribution in [3.8, 4) is 0 Å². The zero-order valence-corrected chi connectivity index (χ0v) is 9.73. The Morgan fingerprint density at radius 2 is 0.667 bits per heavy atom. The second kappa shape index (κ2) is 91.1. The van der Waals surface area contributed by atoms with Gasteiger partial charge in [-0.25, -0.2) is 0 Å². The van der Waals surface area contributed by atoms with Gasteiger partial charge in [-0.15, -0.1) is 0 Å². The van der Waals surface area contributed by atoms with Crippen LogP contribution in [0.15, 0.2) is 0 Å². The van der Waals surface area contributed by atoms with Crippen LogP contribution in [0.5, 0.6) is 0 Å². The molecular weight excluding hydrogens is 455 g/mol. The van der Waals surface area contributed by atoms with E-state index in [1.54, 1.807) is 0 Å². The van der Waals surface area contributed by atoms with Crippen molar-refractivity contribution in [3.63, 3.8) is 0 Å². The largest absolute Gasteiger partial charge is 0.412 e. The van der Waals surface area contributed by atoms with Crippen LogP contribution in [0.3, 0.4) is 0 Å². The van der Waals surface area contributed by atoms with Gasteiger partial charge in [-0.1, -0.05) is 0 Å². The SMILES string of the molecule is O.O.O.O.[HH].[HH].[HH].[HH].[Pb].[W]. The van der Waals surface area contributed by atoms with Gasteiger partial charge >= 0.3 is 0 Å². The van der Waals surface area contributed by atoms with Gasteiger partial charge in [0.1, 0.15) is 0 Å².